The van der Waals surface area contributed by atoms with Gasteiger partial charge in [0.2, 0.25) is 0 Å². The molecule has 4 atom stereocenters. The monoisotopic (exact) mass is 477 g/mol. The Morgan fingerprint density at radius 3 is 2.41 bits per heavy atom. The average Bonchev–Trinajstić information content (AvgIpc) is 3.06. The second kappa shape index (κ2) is 11.5. The van der Waals surface area contributed by atoms with E-state index in [1.165, 1.54) is 14.0 Å². The third-order valence-electron chi connectivity index (χ3n) is 5.45. The van der Waals surface area contributed by atoms with Crippen molar-refractivity contribution in [3.05, 3.63) is 36.0 Å². The SMILES string of the molecule is CO[C@H](/C(=N/OCC(=O)N[C@@H](Cc1cn(C)c2ccccc12)C(=O)O)C(O)C(C)O)C(C)(C)C. The van der Waals surface area contributed by atoms with Crippen LogP contribution < -0.4 is 5.32 Å². The van der Waals surface area contributed by atoms with Crippen LogP contribution in [0.1, 0.15) is 33.3 Å². The van der Waals surface area contributed by atoms with Crippen molar-refractivity contribution in [2.45, 2.75) is 58.5 Å². The molecule has 2 unspecified atom stereocenters. The van der Waals surface area contributed by atoms with Gasteiger partial charge in [0.1, 0.15) is 24.0 Å². The minimum Gasteiger partial charge on any atom is -0.480 e. The summed E-state index contributed by atoms with van der Waals surface area (Å²) in [5, 5.41) is 37.1. The highest BCUT2D eigenvalue weighted by atomic mass is 16.6. The molecule has 0 aliphatic heterocycles. The lowest BCUT2D eigenvalue weighted by Gasteiger charge is -2.32. The molecule has 1 heterocycles. The van der Waals surface area contributed by atoms with Gasteiger partial charge in [0.15, 0.2) is 6.61 Å². The van der Waals surface area contributed by atoms with Crippen LogP contribution in [-0.4, -0.2) is 75.5 Å². The smallest absolute Gasteiger partial charge is 0.326 e. The molecule has 2 rings (SSSR count). The van der Waals surface area contributed by atoms with Gasteiger partial charge in [-0.1, -0.05) is 44.1 Å². The number of oxime groups is 1. The van der Waals surface area contributed by atoms with Crippen LogP contribution in [0.4, 0.5) is 0 Å². The second-order valence-electron chi connectivity index (χ2n) is 9.40. The zero-order valence-electron chi connectivity index (χ0n) is 20.5. The first-order valence-corrected chi connectivity index (χ1v) is 11.0. The number of hydrogen-bond donors (Lipinski definition) is 4. The van der Waals surface area contributed by atoms with Crippen LogP contribution >= 0.6 is 0 Å². The highest BCUT2D eigenvalue weighted by molar-refractivity contribution is 5.93. The molecule has 1 aromatic heterocycles. The van der Waals surface area contributed by atoms with Gasteiger partial charge in [-0.15, -0.1) is 0 Å². The number of para-hydroxylation sites is 1. The topological polar surface area (TPSA) is 143 Å². The third kappa shape index (κ3) is 6.78. The van der Waals surface area contributed by atoms with Gasteiger partial charge in [-0.3, -0.25) is 4.79 Å². The van der Waals surface area contributed by atoms with Crippen molar-refractivity contribution in [3.8, 4) is 0 Å². The lowest BCUT2D eigenvalue weighted by Crippen LogP contribution is -2.46. The normalized spacial score (nSPS) is 16.1. The molecule has 34 heavy (non-hydrogen) atoms. The van der Waals surface area contributed by atoms with Gasteiger partial charge in [0.25, 0.3) is 5.91 Å². The summed E-state index contributed by atoms with van der Waals surface area (Å²) in [4.78, 5) is 29.4. The minimum atomic E-state index is -1.37. The molecule has 0 saturated carbocycles. The maximum absolute atomic E-state index is 12.4. The Morgan fingerprint density at radius 2 is 1.85 bits per heavy atom. The molecule has 4 N–H and O–H groups in total. The van der Waals surface area contributed by atoms with Crippen molar-refractivity contribution in [2.24, 2.45) is 17.6 Å². The number of aryl methyl sites for hydroxylation is 1. The van der Waals surface area contributed by atoms with Crippen LogP contribution in [0.15, 0.2) is 35.6 Å². The molecule has 0 spiro atoms. The second-order valence-corrected chi connectivity index (χ2v) is 9.40. The Balaban J connectivity index is 2.11. The molecule has 1 amide bonds. The van der Waals surface area contributed by atoms with E-state index in [1.807, 2.05) is 62.8 Å². The number of methoxy groups -OCH3 is 1. The quantitative estimate of drug-likeness (QED) is 0.283. The number of amides is 1. The number of hydrogen-bond acceptors (Lipinski definition) is 7. The summed E-state index contributed by atoms with van der Waals surface area (Å²) >= 11 is 0. The van der Waals surface area contributed by atoms with Crippen molar-refractivity contribution in [1.82, 2.24) is 9.88 Å². The number of carbonyl (C=O) groups is 2. The number of carbonyl (C=O) groups excluding carboxylic acids is 1. The van der Waals surface area contributed by atoms with Crippen LogP contribution in [-0.2, 0) is 32.6 Å². The van der Waals surface area contributed by atoms with Crippen molar-refractivity contribution in [3.63, 3.8) is 0 Å². The number of aliphatic hydroxyl groups is 2. The Labute approximate surface area is 199 Å². The van der Waals surface area contributed by atoms with E-state index < -0.39 is 48.3 Å². The van der Waals surface area contributed by atoms with Gasteiger partial charge in [0, 0.05) is 37.7 Å². The molecule has 0 fully saturated rings. The highest BCUT2D eigenvalue weighted by Crippen LogP contribution is 2.25. The zero-order valence-corrected chi connectivity index (χ0v) is 20.5. The van der Waals surface area contributed by atoms with Crippen LogP contribution in [0.5, 0.6) is 0 Å². The number of aliphatic hydroxyl groups excluding tert-OH is 2. The fraction of sp³-hybridized carbons (Fsp3) is 0.542. The molecule has 0 saturated heterocycles. The van der Waals surface area contributed by atoms with E-state index in [-0.39, 0.29) is 12.1 Å². The van der Waals surface area contributed by atoms with E-state index in [1.54, 1.807) is 0 Å². The van der Waals surface area contributed by atoms with Gasteiger partial charge in [-0.25, -0.2) is 4.79 Å². The van der Waals surface area contributed by atoms with Crippen LogP contribution in [0.3, 0.4) is 0 Å². The van der Waals surface area contributed by atoms with Gasteiger partial charge in [0.05, 0.1) is 6.10 Å². The maximum Gasteiger partial charge on any atom is 0.326 e. The van der Waals surface area contributed by atoms with Gasteiger partial charge < -0.3 is 34.8 Å². The Kier molecular flexibility index (Phi) is 9.20. The molecule has 0 aliphatic rings. The molecule has 0 radical (unpaired) electrons. The number of nitrogens with one attached hydrogen (secondary N) is 1. The Bertz CT molecular complexity index is 1020. The number of aromatic nitrogens is 1. The van der Waals surface area contributed by atoms with Crippen LogP contribution in [0.2, 0.25) is 0 Å². The Morgan fingerprint density at radius 1 is 1.21 bits per heavy atom. The number of rotatable bonds is 11. The van der Waals surface area contributed by atoms with Gasteiger partial charge in [-0.2, -0.15) is 0 Å². The van der Waals surface area contributed by atoms with Gasteiger partial charge >= 0.3 is 5.97 Å². The number of ether oxygens (including phenoxy) is 1. The molecular formula is C24H35N3O7. The van der Waals surface area contributed by atoms with E-state index in [4.69, 9.17) is 9.57 Å². The fourth-order valence-corrected chi connectivity index (χ4v) is 3.83. The van der Waals surface area contributed by atoms with Crippen molar-refractivity contribution < 1.29 is 34.5 Å². The molecule has 0 bridgehead atoms. The zero-order chi connectivity index (χ0) is 25.6. The summed E-state index contributed by atoms with van der Waals surface area (Å²) in [6.07, 6.45) is -1.28. The molecule has 1 aromatic carbocycles. The first kappa shape index (κ1) is 27.3. The largest absolute Gasteiger partial charge is 0.480 e. The molecule has 10 heteroatoms. The Hall–Kier alpha value is -2.95. The predicted molar refractivity (Wildman–Crippen MR) is 128 cm³/mol. The van der Waals surface area contributed by atoms with E-state index >= 15 is 0 Å². The number of carboxylic acid groups (broad SMARTS) is 1. The summed E-state index contributed by atoms with van der Waals surface area (Å²) in [6.45, 7) is 6.41. The standard InChI is InChI=1S/C24H35N3O7/c1-14(28)21(30)20(22(33-6)24(2,3)4)26-34-13-19(29)25-17(23(31)32)11-15-12-27(5)18-10-8-7-9-16(15)18/h7-10,12,14,17,21-22,28,30H,11,13H2,1-6H3,(H,25,29)(H,31,32)/b26-20+/t14?,17-,21?,22+/m0/s1. The predicted octanol–water partition coefficient (Wildman–Crippen LogP) is 1.47. The van der Waals surface area contributed by atoms with Crippen molar-refractivity contribution in [2.75, 3.05) is 13.7 Å². The molecule has 2 aromatic rings. The highest BCUT2D eigenvalue weighted by Gasteiger charge is 2.36. The average molecular weight is 478 g/mol. The van der Waals surface area contributed by atoms with E-state index in [9.17, 15) is 24.9 Å². The number of nitrogens with zero attached hydrogens (tertiary/aromatic N) is 2. The molecule has 0 aliphatic carbocycles. The summed E-state index contributed by atoms with van der Waals surface area (Å²) in [7, 11) is 3.31. The molecule has 10 nitrogen and oxygen atoms in total. The minimum absolute atomic E-state index is 0.0309. The summed E-state index contributed by atoms with van der Waals surface area (Å²) < 4.78 is 7.35. The van der Waals surface area contributed by atoms with Gasteiger partial charge in [-0.05, 0) is 24.0 Å². The number of aliphatic carboxylic acids is 1. The first-order valence-electron chi connectivity index (χ1n) is 11.0. The maximum atomic E-state index is 12.4. The number of carboxylic acids is 1. The van der Waals surface area contributed by atoms with E-state index in [0.29, 0.717) is 0 Å². The van der Waals surface area contributed by atoms with E-state index in [0.717, 1.165) is 16.5 Å². The summed E-state index contributed by atoms with van der Waals surface area (Å²) in [5.41, 5.74) is 1.30. The first-order chi connectivity index (χ1) is 15.9. The molecular weight excluding hydrogens is 442 g/mol. The number of benzene rings is 1. The lowest BCUT2D eigenvalue weighted by molar-refractivity contribution is -0.142. The lowest BCUT2D eigenvalue weighted by atomic mass is 9.83. The van der Waals surface area contributed by atoms with Crippen LogP contribution in [0, 0.1) is 5.41 Å². The molecule has 188 valence electrons. The van der Waals surface area contributed by atoms with Crippen molar-refractivity contribution in [1.29, 1.82) is 0 Å². The van der Waals surface area contributed by atoms with E-state index in [2.05, 4.69) is 10.5 Å². The van der Waals surface area contributed by atoms with Crippen LogP contribution in [0.25, 0.3) is 10.9 Å². The summed E-state index contributed by atoms with van der Waals surface area (Å²) in [5.74, 6) is -1.87. The number of fused-ring (bicyclic) bond motifs is 1. The summed E-state index contributed by atoms with van der Waals surface area (Å²) in [6, 6.07) is 6.44. The fourth-order valence-electron chi connectivity index (χ4n) is 3.83. The van der Waals surface area contributed by atoms with Crippen molar-refractivity contribution >= 4 is 28.5 Å². The third-order valence-corrected chi connectivity index (χ3v) is 5.45.